The predicted octanol–water partition coefficient (Wildman–Crippen LogP) is 3.07. The first-order chi connectivity index (χ1) is 10.7. The molecule has 22 heavy (non-hydrogen) atoms. The molecular formula is C16H18BNO3S. The Bertz CT molecular complexity index is 668. The van der Waals surface area contributed by atoms with Crippen LogP contribution in [0.25, 0.3) is 11.1 Å². The third-order valence-corrected chi connectivity index (χ3v) is 4.70. The first-order valence-electron chi connectivity index (χ1n) is 7.18. The van der Waals surface area contributed by atoms with E-state index in [1.54, 1.807) is 18.9 Å². The maximum atomic E-state index is 9.51. The molecule has 1 aliphatic heterocycles. The van der Waals surface area contributed by atoms with E-state index in [1.807, 2.05) is 24.7 Å². The summed E-state index contributed by atoms with van der Waals surface area (Å²) < 4.78 is 10.7. The lowest BCUT2D eigenvalue weighted by Crippen LogP contribution is -2.07. The number of rotatable bonds is 4. The number of ether oxygens (including phenoxy) is 1. The molecule has 0 aliphatic carbocycles. The van der Waals surface area contributed by atoms with E-state index in [0.717, 1.165) is 27.3 Å². The van der Waals surface area contributed by atoms with E-state index >= 15 is 0 Å². The number of benzene rings is 1. The highest BCUT2D eigenvalue weighted by Crippen LogP contribution is 2.34. The zero-order valence-corrected chi connectivity index (χ0v) is 13.5. The van der Waals surface area contributed by atoms with Crippen molar-refractivity contribution in [1.82, 2.24) is 4.98 Å². The van der Waals surface area contributed by atoms with Crippen LogP contribution < -0.4 is 4.74 Å². The molecule has 1 aromatic heterocycles. The highest BCUT2D eigenvalue weighted by molar-refractivity contribution is 7.98. The highest BCUT2D eigenvalue weighted by atomic mass is 32.2. The highest BCUT2D eigenvalue weighted by Gasteiger charge is 2.30. The number of pyridine rings is 1. The lowest BCUT2D eigenvalue weighted by Gasteiger charge is -2.12. The van der Waals surface area contributed by atoms with Crippen molar-refractivity contribution in [2.24, 2.45) is 0 Å². The third kappa shape index (κ3) is 3.14. The average Bonchev–Trinajstić information content (AvgIpc) is 3.01. The molecule has 0 bridgehead atoms. The Morgan fingerprint density at radius 2 is 2.18 bits per heavy atom. The van der Waals surface area contributed by atoms with Crippen molar-refractivity contribution in [3.63, 3.8) is 0 Å². The number of aromatic nitrogens is 1. The molecule has 1 N–H and O–H groups in total. The van der Waals surface area contributed by atoms with Gasteiger partial charge in [-0.3, -0.25) is 4.98 Å². The van der Waals surface area contributed by atoms with Gasteiger partial charge in [0.05, 0.1) is 7.11 Å². The summed E-state index contributed by atoms with van der Waals surface area (Å²) in [6, 6.07) is 8.29. The van der Waals surface area contributed by atoms with E-state index in [1.165, 1.54) is 0 Å². The van der Waals surface area contributed by atoms with Crippen molar-refractivity contribution in [3.8, 4) is 16.9 Å². The molecule has 2 aromatic rings. The molecule has 114 valence electrons. The van der Waals surface area contributed by atoms with Crippen LogP contribution in [0.1, 0.15) is 11.5 Å². The van der Waals surface area contributed by atoms with Crippen molar-refractivity contribution in [3.05, 3.63) is 42.2 Å². The van der Waals surface area contributed by atoms with E-state index in [0.29, 0.717) is 12.9 Å². The van der Waals surface area contributed by atoms with Gasteiger partial charge in [0.25, 0.3) is 0 Å². The Labute approximate surface area is 135 Å². The van der Waals surface area contributed by atoms with Crippen LogP contribution in [0.3, 0.4) is 0 Å². The summed E-state index contributed by atoms with van der Waals surface area (Å²) in [6.45, 7) is 0.543. The first-order valence-corrected chi connectivity index (χ1v) is 8.40. The number of hydrogen-bond donors (Lipinski definition) is 1. The molecule has 0 spiro atoms. The molecular weight excluding hydrogens is 297 g/mol. The van der Waals surface area contributed by atoms with E-state index in [4.69, 9.17) is 9.39 Å². The smallest absolute Gasteiger partial charge is 0.454 e. The van der Waals surface area contributed by atoms with Crippen molar-refractivity contribution < 1.29 is 14.4 Å². The van der Waals surface area contributed by atoms with E-state index in [9.17, 15) is 5.02 Å². The molecule has 1 aromatic carbocycles. The van der Waals surface area contributed by atoms with Crippen molar-refractivity contribution in [2.45, 2.75) is 17.1 Å². The molecule has 1 atom stereocenters. The average molecular weight is 315 g/mol. The van der Waals surface area contributed by atoms with Crippen molar-refractivity contribution in [2.75, 3.05) is 20.0 Å². The lowest BCUT2D eigenvalue weighted by molar-refractivity contribution is 0.292. The van der Waals surface area contributed by atoms with Crippen molar-refractivity contribution >= 4 is 18.9 Å². The second-order valence-corrected chi connectivity index (χ2v) is 6.15. The molecule has 4 nitrogen and oxygen atoms in total. The molecule has 0 amide bonds. The van der Waals surface area contributed by atoms with Crippen molar-refractivity contribution in [1.29, 1.82) is 0 Å². The van der Waals surface area contributed by atoms with Crippen LogP contribution in [-0.2, 0) is 4.65 Å². The second-order valence-electron chi connectivity index (χ2n) is 5.30. The summed E-state index contributed by atoms with van der Waals surface area (Å²) in [5.41, 5.74) is 3.22. The van der Waals surface area contributed by atoms with Gasteiger partial charge < -0.3 is 14.4 Å². The fourth-order valence-electron chi connectivity index (χ4n) is 2.69. The minimum absolute atomic E-state index is 0.204. The van der Waals surface area contributed by atoms with Crippen LogP contribution in [-0.4, -0.2) is 37.1 Å². The maximum Gasteiger partial charge on any atom is 0.454 e. The fourth-order valence-corrected chi connectivity index (χ4v) is 3.24. The van der Waals surface area contributed by atoms with Gasteiger partial charge in [0, 0.05) is 35.4 Å². The SMILES string of the molecule is COc1cc(-c2cncc([C@H]3COB(O)C3)c2)ccc1SC. The van der Waals surface area contributed by atoms with Gasteiger partial charge in [0.15, 0.2) is 0 Å². The molecule has 6 heteroatoms. The van der Waals surface area contributed by atoms with Gasteiger partial charge in [0.1, 0.15) is 5.75 Å². The number of hydrogen-bond acceptors (Lipinski definition) is 5. The van der Waals surface area contributed by atoms with Gasteiger partial charge in [-0.1, -0.05) is 6.07 Å². The van der Waals surface area contributed by atoms with Crippen LogP contribution >= 0.6 is 11.8 Å². The van der Waals surface area contributed by atoms with E-state index in [-0.39, 0.29) is 5.92 Å². The van der Waals surface area contributed by atoms with Crippen LogP contribution in [0, 0.1) is 0 Å². The van der Waals surface area contributed by atoms with Crippen LogP contribution in [0.2, 0.25) is 6.32 Å². The monoisotopic (exact) mass is 315 g/mol. The molecule has 0 radical (unpaired) electrons. The van der Waals surface area contributed by atoms with Gasteiger partial charge in [-0.2, -0.15) is 0 Å². The Balaban J connectivity index is 1.92. The Morgan fingerprint density at radius 3 is 2.86 bits per heavy atom. The Hall–Kier alpha value is -1.50. The minimum atomic E-state index is -0.658. The lowest BCUT2D eigenvalue weighted by atomic mass is 9.80. The van der Waals surface area contributed by atoms with Gasteiger partial charge in [-0.05, 0) is 41.9 Å². The largest absolute Gasteiger partial charge is 0.496 e. The maximum absolute atomic E-state index is 9.51. The Kier molecular flexibility index (Phi) is 4.71. The van der Waals surface area contributed by atoms with Crippen LogP contribution in [0.5, 0.6) is 5.75 Å². The minimum Gasteiger partial charge on any atom is -0.496 e. The Morgan fingerprint density at radius 1 is 1.32 bits per heavy atom. The molecule has 1 aliphatic rings. The predicted molar refractivity (Wildman–Crippen MR) is 89.5 cm³/mol. The van der Waals surface area contributed by atoms with Crippen LogP contribution in [0.15, 0.2) is 41.6 Å². The normalized spacial score (nSPS) is 17.8. The third-order valence-electron chi connectivity index (χ3n) is 3.92. The summed E-state index contributed by atoms with van der Waals surface area (Å²) in [5.74, 6) is 1.07. The van der Waals surface area contributed by atoms with Crippen LogP contribution in [0.4, 0.5) is 0 Å². The summed E-state index contributed by atoms with van der Waals surface area (Å²) in [7, 11) is 1.03. The molecule has 2 heterocycles. The first kappa shape index (κ1) is 15.4. The standard InChI is InChI=1S/C16H18BNO3S/c1-20-15-6-11(3-4-16(15)22-2)12-5-13(9-18-8-12)14-7-17(19)21-10-14/h3-6,8-9,14,19H,7,10H2,1-2H3/t14-/m1/s1. The number of nitrogens with zero attached hydrogens (tertiary/aromatic N) is 1. The molecule has 1 fully saturated rings. The van der Waals surface area contributed by atoms with Gasteiger partial charge in [-0.15, -0.1) is 11.8 Å². The fraction of sp³-hybridized carbons (Fsp3) is 0.312. The molecule has 0 saturated carbocycles. The summed E-state index contributed by atoms with van der Waals surface area (Å²) in [6.07, 6.45) is 6.36. The summed E-state index contributed by atoms with van der Waals surface area (Å²) in [4.78, 5) is 5.46. The zero-order valence-electron chi connectivity index (χ0n) is 12.7. The molecule has 0 unspecified atom stereocenters. The zero-order chi connectivity index (χ0) is 15.5. The van der Waals surface area contributed by atoms with E-state index in [2.05, 4.69) is 23.2 Å². The molecule has 1 saturated heterocycles. The summed E-state index contributed by atoms with van der Waals surface area (Å²) in [5, 5.41) is 9.51. The second kappa shape index (κ2) is 6.73. The van der Waals surface area contributed by atoms with E-state index < -0.39 is 7.12 Å². The van der Waals surface area contributed by atoms with Gasteiger partial charge in [0.2, 0.25) is 0 Å². The molecule has 3 rings (SSSR count). The summed E-state index contributed by atoms with van der Waals surface area (Å²) >= 11 is 1.66. The quantitative estimate of drug-likeness (QED) is 0.694. The van der Waals surface area contributed by atoms with Gasteiger partial charge in [-0.25, -0.2) is 0 Å². The number of methoxy groups -OCH3 is 1. The number of thioether (sulfide) groups is 1. The topological polar surface area (TPSA) is 51.6 Å². The van der Waals surface area contributed by atoms with Gasteiger partial charge >= 0.3 is 7.12 Å².